The second-order valence-electron chi connectivity index (χ2n) is 3.29. The first-order valence-corrected chi connectivity index (χ1v) is 4.76. The third-order valence-electron chi connectivity index (χ3n) is 2.24. The van der Waals surface area contributed by atoms with Gasteiger partial charge in [0.2, 0.25) is 5.91 Å². The molecule has 13 heavy (non-hydrogen) atoms. The van der Waals surface area contributed by atoms with E-state index < -0.39 is 0 Å². The number of rotatable bonds is 3. The van der Waals surface area contributed by atoms with Crippen LogP contribution < -0.4 is 10.6 Å². The molecule has 72 valence electrons. The van der Waals surface area contributed by atoms with Crippen molar-refractivity contribution in [3.8, 4) is 12.3 Å². The molecule has 0 unspecified atom stereocenters. The molecule has 0 aromatic heterocycles. The zero-order valence-corrected chi connectivity index (χ0v) is 7.81. The van der Waals surface area contributed by atoms with Crippen molar-refractivity contribution in [2.24, 2.45) is 5.92 Å². The first-order chi connectivity index (χ1) is 6.34. The predicted molar refractivity (Wildman–Crippen MR) is 52.1 cm³/mol. The van der Waals surface area contributed by atoms with Gasteiger partial charge in [-0.05, 0) is 19.4 Å². The second-order valence-corrected chi connectivity index (χ2v) is 3.29. The molecule has 0 aromatic rings. The van der Waals surface area contributed by atoms with Crippen molar-refractivity contribution >= 4 is 5.91 Å². The van der Waals surface area contributed by atoms with Gasteiger partial charge in [0.15, 0.2) is 0 Å². The first-order valence-electron chi connectivity index (χ1n) is 4.76. The molecule has 2 N–H and O–H groups in total. The van der Waals surface area contributed by atoms with Crippen molar-refractivity contribution in [3.05, 3.63) is 0 Å². The fourth-order valence-corrected chi connectivity index (χ4v) is 1.48. The Kier molecular flexibility index (Phi) is 4.34. The molecular weight excluding hydrogens is 164 g/mol. The van der Waals surface area contributed by atoms with Crippen molar-refractivity contribution in [1.29, 1.82) is 0 Å². The summed E-state index contributed by atoms with van der Waals surface area (Å²) >= 11 is 0. The average Bonchev–Trinajstić information content (AvgIpc) is 2.19. The summed E-state index contributed by atoms with van der Waals surface area (Å²) in [5.74, 6) is 2.78. The molecule has 0 spiro atoms. The molecule has 3 nitrogen and oxygen atoms in total. The van der Waals surface area contributed by atoms with Crippen molar-refractivity contribution < 1.29 is 4.79 Å². The Balaban J connectivity index is 2.18. The van der Waals surface area contributed by atoms with Gasteiger partial charge in [-0.2, -0.15) is 0 Å². The minimum atomic E-state index is 0.141. The van der Waals surface area contributed by atoms with Gasteiger partial charge < -0.3 is 10.6 Å². The Morgan fingerprint density at radius 2 is 2.54 bits per heavy atom. The molecule has 0 aliphatic carbocycles. The highest BCUT2D eigenvalue weighted by molar-refractivity contribution is 5.78. The van der Waals surface area contributed by atoms with Gasteiger partial charge in [-0.15, -0.1) is 12.3 Å². The Morgan fingerprint density at radius 1 is 1.69 bits per heavy atom. The second kappa shape index (κ2) is 5.60. The zero-order chi connectivity index (χ0) is 9.52. The first kappa shape index (κ1) is 10.1. The fourth-order valence-electron chi connectivity index (χ4n) is 1.48. The van der Waals surface area contributed by atoms with Crippen LogP contribution in [0.1, 0.15) is 19.3 Å². The topological polar surface area (TPSA) is 41.1 Å². The molecule has 0 saturated carbocycles. The maximum Gasteiger partial charge on any atom is 0.224 e. The third-order valence-corrected chi connectivity index (χ3v) is 2.24. The van der Waals surface area contributed by atoms with Crippen LogP contribution in [0.2, 0.25) is 0 Å². The normalized spacial score (nSPS) is 21.9. The van der Waals surface area contributed by atoms with E-state index in [9.17, 15) is 4.79 Å². The van der Waals surface area contributed by atoms with Crippen LogP contribution >= 0.6 is 0 Å². The standard InChI is InChI=1S/C10H16N2O/c1-2-3-7-12-10(13)9-5-4-6-11-8-9/h1,9,11H,3-8H2,(H,12,13)/t9-/m0/s1. The Labute approximate surface area is 79.3 Å². The van der Waals surface area contributed by atoms with E-state index >= 15 is 0 Å². The smallest absolute Gasteiger partial charge is 0.224 e. The van der Waals surface area contributed by atoms with Crippen molar-refractivity contribution in [2.75, 3.05) is 19.6 Å². The molecule has 0 bridgehead atoms. The van der Waals surface area contributed by atoms with E-state index in [1.54, 1.807) is 0 Å². The molecular formula is C10H16N2O. The van der Waals surface area contributed by atoms with Crippen LogP contribution in [0.5, 0.6) is 0 Å². The number of amides is 1. The SMILES string of the molecule is C#CCCNC(=O)[C@H]1CCCNC1. The Morgan fingerprint density at radius 3 is 3.15 bits per heavy atom. The lowest BCUT2D eigenvalue weighted by Crippen LogP contribution is -2.40. The molecule has 1 amide bonds. The van der Waals surface area contributed by atoms with Crippen LogP contribution in [-0.2, 0) is 4.79 Å². The summed E-state index contributed by atoms with van der Waals surface area (Å²) < 4.78 is 0. The molecule has 1 heterocycles. The van der Waals surface area contributed by atoms with Gasteiger partial charge in [0.25, 0.3) is 0 Å². The monoisotopic (exact) mass is 180 g/mol. The van der Waals surface area contributed by atoms with Crippen molar-refractivity contribution in [2.45, 2.75) is 19.3 Å². The van der Waals surface area contributed by atoms with Gasteiger partial charge in [-0.3, -0.25) is 4.79 Å². The molecule has 3 heteroatoms. The molecule has 1 fully saturated rings. The van der Waals surface area contributed by atoms with Gasteiger partial charge in [0.05, 0.1) is 5.92 Å². The van der Waals surface area contributed by atoms with Crippen LogP contribution in [0.3, 0.4) is 0 Å². The summed E-state index contributed by atoms with van der Waals surface area (Å²) in [5, 5.41) is 6.04. The molecule has 0 radical (unpaired) electrons. The molecule has 1 aliphatic heterocycles. The molecule has 1 saturated heterocycles. The van der Waals surface area contributed by atoms with E-state index in [4.69, 9.17) is 6.42 Å². The highest BCUT2D eigenvalue weighted by Gasteiger charge is 2.19. The lowest BCUT2D eigenvalue weighted by molar-refractivity contribution is -0.125. The third kappa shape index (κ3) is 3.47. The Hall–Kier alpha value is -1.01. The number of carbonyl (C=O) groups excluding carboxylic acids is 1. The van der Waals surface area contributed by atoms with E-state index in [0.717, 1.165) is 25.9 Å². The van der Waals surface area contributed by atoms with E-state index in [-0.39, 0.29) is 11.8 Å². The lowest BCUT2D eigenvalue weighted by atomic mass is 9.99. The van der Waals surface area contributed by atoms with Gasteiger partial charge in [-0.25, -0.2) is 0 Å². The van der Waals surface area contributed by atoms with Gasteiger partial charge in [0, 0.05) is 19.5 Å². The highest BCUT2D eigenvalue weighted by atomic mass is 16.1. The molecule has 0 aromatic carbocycles. The van der Waals surface area contributed by atoms with E-state index in [0.29, 0.717) is 13.0 Å². The van der Waals surface area contributed by atoms with Gasteiger partial charge in [-0.1, -0.05) is 0 Å². The maximum absolute atomic E-state index is 11.5. The summed E-state index contributed by atoms with van der Waals surface area (Å²) in [6.45, 7) is 2.45. The number of carbonyl (C=O) groups is 1. The number of nitrogens with one attached hydrogen (secondary N) is 2. The summed E-state index contributed by atoms with van der Waals surface area (Å²) in [4.78, 5) is 11.5. The molecule has 1 aliphatic rings. The van der Waals surface area contributed by atoms with Crippen molar-refractivity contribution in [1.82, 2.24) is 10.6 Å². The van der Waals surface area contributed by atoms with E-state index in [2.05, 4.69) is 16.6 Å². The van der Waals surface area contributed by atoms with Crippen LogP contribution in [0.4, 0.5) is 0 Å². The van der Waals surface area contributed by atoms with Crippen LogP contribution in [0, 0.1) is 18.3 Å². The summed E-state index contributed by atoms with van der Waals surface area (Å²) in [6, 6.07) is 0. The minimum Gasteiger partial charge on any atom is -0.355 e. The maximum atomic E-state index is 11.5. The van der Waals surface area contributed by atoms with Gasteiger partial charge >= 0.3 is 0 Å². The van der Waals surface area contributed by atoms with E-state index in [1.807, 2.05) is 0 Å². The number of hydrogen-bond donors (Lipinski definition) is 2. The number of piperidine rings is 1. The predicted octanol–water partition coefficient (Wildman–Crippen LogP) is 0.126. The quantitative estimate of drug-likeness (QED) is 0.478. The summed E-state index contributed by atoms with van der Waals surface area (Å²) in [7, 11) is 0. The Bertz CT molecular complexity index is 201. The van der Waals surface area contributed by atoms with E-state index in [1.165, 1.54) is 0 Å². The summed E-state index contributed by atoms with van der Waals surface area (Å²) in [5.41, 5.74) is 0. The van der Waals surface area contributed by atoms with Crippen LogP contribution in [0.25, 0.3) is 0 Å². The number of terminal acetylenes is 1. The molecule has 1 atom stereocenters. The average molecular weight is 180 g/mol. The van der Waals surface area contributed by atoms with Crippen LogP contribution in [0.15, 0.2) is 0 Å². The highest BCUT2D eigenvalue weighted by Crippen LogP contribution is 2.09. The van der Waals surface area contributed by atoms with Crippen LogP contribution in [-0.4, -0.2) is 25.5 Å². The number of hydrogen-bond acceptors (Lipinski definition) is 2. The molecule has 1 rings (SSSR count). The van der Waals surface area contributed by atoms with Crippen molar-refractivity contribution in [3.63, 3.8) is 0 Å². The fraction of sp³-hybridized carbons (Fsp3) is 0.700. The van der Waals surface area contributed by atoms with Gasteiger partial charge in [0.1, 0.15) is 0 Å². The largest absolute Gasteiger partial charge is 0.355 e. The summed E-state index contributed by atoms with van der Waals surface area (Å²) in [6.07, 6.45) is 7.78. The minimum absolute atomic E-state index is 0.141. The lowest BCUT2D eigenvalue weighted by Gasteiger charge is -2.21. The zero-order valence-electron chi connectivity index (χ0n) is 7.81.